The first-order valence-electron chi connectivity index (χ1n) is 8.55. The van der Waals surface area contributed by atoms with Crippen LogP contribution in [0.2, 0.25) is 5.02 Å². The molecule has 2 amide bonds. The van der Waals surface area contributed by atoms with Crippen LogP contribution in [-0.4, -0.2) is 35.1 Å². The molecule has 30 heavy (non-hydrogen) atoms. The van der Waals surface area contributed by atoms with Crippen LogP contribution in [0.15, 0.2) is 48.5 Å². The summed E-state index contributed by atoms with van der Waals surface area (Å²) < 4.78 is 4.78. The van der Waals surface area contributed by atoms with Crippen molar-refractivity contribution in [3.05, 3.63) is 74.8 Å². The van der Waals surface area contributed by atoms with Crippen molar-refractivity contribution in [2.45, 2.75) is 12.8 Å². The third-order valence-corrected chi connectivity index (χ3v) is 4.06. The molecule has 0 saturated heterocycles. The number of halogens is 1. The Morgan fingerprint density at radius 1 is 0.967 bits per heavy atom. The summed E-state index contributed by atoms with van der Waals surface area (Å²) in [6.45, 7) is -0.649. The smallest absolute Gasteiger partial charge is 0.306 e. The van der Waals surface area contributed by atoms with Crippen molar-refractivity contribution in [2.75, 3.05) is 6.61 Å². The van der Waals surface area contributed by atoms with Gasteiger partial charge in [0, 0.05) is 23.6 Å². The number of rotatable bonds is 8. The summed E-state index contributed by atoms with van der Waals surface area (Å²) in [6, 6.07) is 11.6. The van der Waals surface area contributed by atoms with Gasteiger partial charge >= 0.3 is 5.97 Å². The molecule has 0 aliphatic carbocycles. The predicted octanol–water partition coefficient (Wildman–Crippen LogP) is 2.22. The first kappa shape index (κ1) is 22.5. The zero-order valence-electron chi connectivity index (χ0n) is 15.4. The van der Waals surface area contributed by atoms with Gasteiger partial charge in [-0.2, -0.15) is 0 Å². The van der Waals surface area contributed by atoms with Gasteiger partial charge in [0.2, 0.25) is 11.7 Å². The second-order valence-corrected chi connectivity index (χ2v) is 6.28. The summed E-state index contributed by atoms with van der Waals surface area (Å²) in [4.78, 5) is 57.3. The van der Waals surface area contributed by atoms with E-state index in [-0.39, 0.29) is 23.4 Å². The van der Waals surface area contributed by atoms with Gasteiger partial charge < -0.3 is 4.74 Å². The van der Waals surface area contributed by atoms with Crippen molar-refractivity contribution >= 4 is 40.9 Å². The van der Waals surface area contributed by atoms with E-state index in [0.717, 1.165) is 6.07 Å². The minimum Gasteiger partial charge on any atom is -0.457 e. The molecule has 0 aliphatic heterocycles. The van der Waals surface area contributed by atoms with Crippen molar-refractivity contribution in [3.8, 4) is 0 Å². The van der Waals surface area contributed by atoms with Crippen molar-refractivity contribution in [1.29, 1.82) is 0 Å². The van der Waals surface area contributed by atoms with Crippen molar-refractivity contribution in [2.24, 2.45) is 0 Å². The maximum atomic E-state index is 12.0. The highest BCUT2D eigenvalue weighted by atomic mass is 35.5. The maximum Gasteiger partial charge on any atom is 0.306 e. The first-order chi connectivity index (χ1) is 14.3. The van der Waals surface area contributed by atoms with Crippen LogP contribution in [0.3, 0.4) is 0 Å². The lowest BCUT2D eigenvalue weighted by Crippen LogP contribution is -2.41. The van der Waals surface area contributed by atoms with Gasteiger partial charge in [0.05, 0.1) is 11.3 Å². The van der Waals surface area contributed by atoms with Crippen molar-refractivity contribution in [3.63, 3.8) is 0 Å². The highest BCUT2D eigenvalue weighted by molar-refractivity contribution is 6.32. The molecule has 2 N–H and O–H groups in total. The number of amides is 2. The maximum absolute atomic E-state index is 12.0. The lowest BCUT2D eigenvalue weighted by molar-refractivity contribution is -0.384. The van der Waals surface area contributed by atoms with Crippen LogP contribution in [-0.2, 0) is 14.3 Å². The summed E-state index contributed by atoms with van der Waals surface area (Å²) in [7, 11) is 0. The molecule has 2 rings (SSSR count). The number of nitrogens with zero attached hydrogens (tertiary/aromatic N) is 1. The molecule has 0 unspecified atom stereocenters. The van der Waals surface area contributed by atoms with E-state index in [1.54, 1.807) is 30.3 Å². The van der Waals surface area contributed by atoms with Gasteiger partial charge in [0.1, 0.15) is 5.02 Å². The SMILES string of the molecule is O=C(CCC(=O)OCC(=O)c1ccc(Cl)c([N+](=O)[O-])c1)NNC(=O)c1ccccc1. The van der Waals surface area contributed by atoms with E-state index in [0.29, 0.717) is 5.56 Å². The van der Waals surface area contributed by atoms with E-state index >= 15 is 0 Å². The molecule has 0 bridgehead atoms. The van der Waals surface area contributed by atoms with E-state index in [9.17, 15) is 29.3 Å². The molecule has 11 heteroatoms. The number of nitrogens with one attached hydrogen (secondary N) is 2. The highest BCUT2D eigenvalue weighted by Crippen LogP contribution is 2.25. The van der Waals surface area contributed by atoms with Gasteiger partial charge in [-0.15, -0.1) is 0 Å². The van der Waals surface area contributed by atoms with E-state index in [2.05, 4.69) is 10.9 Å². The standard InChI is InChI=1S/C19H16ClN3O7/c20-14-7-6-13(10-15(14)23(28)29)16(24)11-30-18(26)9-8-17(25)21-22-19(27)12-4-2-1-3-5-12/h1-7,10H,8-9,11H2,(H,21,25)(H,22,27). The van der Waals surface area contributed by atoms with Crippen molar-refractivity contribution in [1.82, 2.24) is 10.9 Å². The number of esters is 1. The zero-order valence-corrected chi connectivity index (χ0v) is 16.2. The van der Waals surface area contributed by atoms with Crippen LogP contribution in [0.5, 0.6) is 0 Å². The average Bonchev–Trinajstić information content (AvgIpc) is 2.74. The number of Topliss-reactive ketones (excluding diaryl/α,β-unsaturated/α-hetero) is 1. The van der Waals surface area contributed by atoms with Crippen LogP contribution in [0.1, 0.15) is 33.6 Å². The van der Waals surface area contributed by atoms with Gasteiger partial charge in [-0.05, 0) is 24.3 Å². The van der Waals surface area contributed by atoms with Crippen LogP contribution in [0, 0.1) is 10.1 Å². The van der Waals surface area contributed by atoms with Crippen molar-refractivity contribution < 1.29 is 28.8 Å². The van der Waals surface area contributed by atoms with Gasteiger partial charge in [-0.25, -0.2) is 0 Å². The van der Waals surface area contributed by atoms with E-state index < -0.39 is 40.8 Å². The van der Waals surface area contributed by atoms with Gasteiger partial charge in [0.15, 0.2) is 6.61 Å². The number of hydrogen-bond acceptors (Lipinski definition) is 7. The Morgan fingerprint density at radius 2 is 1.67 bits per heavy atom. The number of ether oxygens (including phenoxy) is 1. The van der Waals surface area contributed by atoms with Crippen LogP contribution in [0.25, 0.3) is 0 Å². The Kier molecular flexibility index (Phi) is 8.00. The first-order valence-corrected chi connectivity index (χ1v) is 8.92. The lowest BCUT2D eigenvalue weighted by atomic mass is 10.1. The summed E-state index contributed by atoms with van der Waals surface area (Å²) in [6.07, 6.45) is -0.615. The minimum atomic E-state index is -0.823. The lowest BCUT2D eigenvalue weighted by Gasteiger charge is -2.07. The van der Waals surface area contributed by atoms with Crippen LogP contribution < -0.4 is 10.9 Å². The number of ketones is 1. The molecule has 156 valence electrons. The quantitative estimate of drug-likeness (QED) is 0.281. The average molecular weight is 434 g/mol. The number of carbonyl (C=O) groups is 4. The van der Waals surface area contributed by atoms with Gasteiger partial charge in [-0.3, -0.25) is 40.1 Å². The second-order valence-electron chi connectivity index (χ2n) is 5.88. The van der Waals surface area contributed by atoms with Crippen LogP contribution >= 0.6 is 11.6 Å². The number of hydrazine groups is 1. The molecule has 2 aromatic rings. The minimum absolute atomic E-state index is 0.0414. The molecule has 0 fully saturated rings. The topological polar surface area (TPSA) is 145 Å². The Labute approximate surface area is 175 Å². The molecule has 2 aromatic carbocycles. The number of hydrogen-bond donors (Lipinski definition) is 2. The molecule has 0 aliphatic rings. The number of carbonyl (C=O) groups excluding carboxylic acids is 4. The molecule has 0 aromatic heterocycles. The number of nitro groups is 1. The molecule has 10 nitrogen and oxygen atoms in total. The molecular weight excluding hydrogens is 418 g/mol. The van der Waals surface area contributed by atoms with Gasteiger partial charge in [0.25, 0.3) is 11.6 Å². The summed E-state index contributed by atoms with van der Waals surface area (Å²) >= 11 is 5.67. The highest BCUT2D eigenvalue weighted by Gasteiger charge is 2.18. The summed E-state index contributed by atoms with van der Waals surface area (Å²) in [5.41, 5.74) is 4.22. The van der Waals surface area contributed by atoms with Crippen LogP contribution in [0.4, 0.5) is 5.69 Å². The molecule has 0 saturated carbocycles. The predicted molar refractivity (Wildman–Crippen MR) is 105 cm³/mol. The second kappa shape index (κ2) is 10.7. The Balaban J connectivity index is 1.73. The third-order valence-electron chi connectivity index (χ3n) is 3.74. The Hall–Kier alpha value is -3.79. The molecule has 0 atom stereocenters. The fourth-order valence-corrected chi connectivity index (χ4v) is 2.38. The van der Waals surface area contributed by atoms with E-state index in [1.165, 1.54) is 12.1 Å². The molecule has 0 heterocycles. The third kappa shape index (κ3) is 6.67. The molecular formula is C19H16ClN3O7. The number of nitro benzene ring substituents is 1. The largest absolute Gasteiger partial charge is 0.457 e. The zero-order chi connectivity index (χ0) is 22.1. The fraction of sp³-hybridized carbons (Fsp3) is 0.158. The van der Waals surface area contributed by atoms with E-state index in [1.807, 2.05) is 0 Å². The van der Waals surface area contributed by atoms with E-state index in [4.69, 9.17) is 16.3 Å². The Bertz CT molecular complexity index is 979. The Morgan fingerprint density at radius 3 is 2.33 bits per heavy atom. The fourth-order valence-electron chi connectivity index (χ4n) is 2.19. The molecule has 0 spiro atoms. The normalized spacial score (nSPS) is 10.0. The number of benzene rings is 2. The molecule has 0 radical (unpaired) electrons. The summed E-state index contributed by atoms with van der Waals surface area (Å²) in [5.74, 6) is -2.64. The summed E-state index contributed by atoms with van der Waals surface area (Å²) in [5, 5.41) is 10.7. The monoisotopic (exact) mass is 433 g/mol. The van der Waals surface area contributed by atoms with Gasteiger partial charge in [-0.1, -0.05) is 29.8 Å².